The second kappa shape index (κ2) is 8.52. The van der Waals surface area contributed by atoms with Crippen molar-refractivity contribution in [3.8, 4) is 0 Å². The zero-order valence-electron chi connectivity index (χ0n) is 14.7. The number of nitrogens with one attached hydrogen (secondary N) is 1. The molecule has 1 amide bonds. The van der Waals surface area contributed by atoms with E-state index in [4.69, 9.17) is 21.4 Å². The van der Waals surface area contributed by atoms with Gasteiger partial charge in [0.2, 0.25) is 5.91 Å². The number of carbonyl (C=O) groups excluding carboxylic acids is 1. The molecule has 24 heavy (non-hydrogen) atoms. The number of amides is 1. The highest BCUT2D eigenvalue weighted by molar-refractivity contribution is 6.20. The second-order valence-electron chi connectivity index (χ2n) is 7.77. The number of carboxylic acids is 1. The van der Waals surface area contributed by atoms with E-state index >= 15 is 0 Å². The van der Waals surface area contributed by atoms with Crippen LogP contribution in [-0.2, 0) is 14.3 Å². The van der Waals surface area contributed by atoms with Gasteiger partial charge in [-0.05, 0) is 71.1 Å². The zero-order chi connectivity index (χ0) is 17.7. The molecule has 0 aliphatic heterocycles. The van der Waals surface area contributed by atoms with Gasteiger partial charge in [0.1, 0.15) is 0 Å². The number of hydrogen-bond acceptors (Lipinski definition) is 3. The first-order valence-electron chi connectivity index (χ1n) is 9.11. The molecular weight excluding hydrogens is 330 g/mol. The molecule has 2 N–H and O–H groups in total. The fourth-order valence-corrected chi connectivity index (χ4v) is 3.88. The van der Waals surface area contributed by atoms with Gasteiger partial charge in [0.15, 0.2) is 5.60 Å². The topological polar surface area (TPSA) is 75.6 Å². The Morgan fingerprint density at radius 1 is 1.08 bits per heavy atom. The summed E-state index contributed by atoms with van der Waals surface area (Å²) in [5, 5.41) is 12.5. The van der Waals surface area contributed by atoms with E-state index in [1.807, 2.05) is 0 Å². The number of hydrogen-bond donors (Lipinski definition) is 2. The van der Waals surface area contributed by atoms with Crippen LogP contribution in [0.4, 0.5) is 0 Å². The zero-order valence-corrected chi connectivity index (χ0v) is 15.5. The van der Waals surface area contributed by atoms with Crippen molar-refractivity contribution in [2.75, 3.05) is 6.54 Å². The maximum absolute atomic E-state index is 12.2. The van der Waals surface area contributed by atoms with Gasteiger partial charge >= 0.3 is 5.97 Å². The smallest absolute Gasteiger partial charge is 0.335 e. The predicted octanol–water partition coefficient (Wildman–Crippen LogP) is 3.34. The van der Waals surface area contributed by atoms with Gasteiger partial charge in [-0.15, -0.1) is 11.6 Å². The van der Waals surface area contributed by atoms with E-state index in [-0.39, 0.29) is 23.3 Å². The van der Waals surface area contributed by atoms with E-state index in [9.17, 15) is 9.59 Å². The van der Waals surface area contributed by atoms with Crippen LogP contribution in [0.15, 0.2) is 0 Å². The van der Waals surface area contributed by atoms with E-state index in [0.29, 0.717) is 12.5 Å². The minimum Gasteiger partial charge on any atom is -0.479 e. The van der Waals surface area contributed by atoms with Crippen LogP contribution in [0.25, 0.3) is 0 Å². The maximum Gasteiger partial charge on any atom is 0.335 e. The Labute approximate surface area is 149 Å². The molecule has 138 valence electrons. The molecule has 2 saturated carbocycles. The largest absolute Gasteiger partial charge is 0.479 e. The quantitative estimate of drug-likeness (QED) is 0.713. The van der Waals surface area contributed by atoms with Crippen molar-refractivity contribution in [1.29, 1.82) is 0 Å². The molecule has 0 aromatic rings. The fraction of sp³-hybridized carbons (Fsp3) is 0.889. The number of carboxylic acid groups (broad SMARTS) is 1. The van der Waals surface area contributed by atoms with Gasteiger partial charge in [-0.25, -0.2) is 4.79 Å². The Bertz CT molecular complexity index is 438. The summed E-state index contributed by atoms with van der Waals surface area (Å²) in [7, 11) is 0. The lowest BCUT2D eigenvalue weighted by Crippen LogP contribution is -2.41. The van der Waals surface area contributed by atoms with Crippen LogP contribution in [0.5, 0.6) is 0 Å². The standard InChI is InChI=1S/C18H30ClNO4/c1-18(2,17(22)23)24-15-9-3-12(4-10-15)11-20-16(21)13-5-7-14(19)8-6-13/h12-15H,3-11H2,1-2H3,(H,20,21)(H,22,23). The number of alkyl halides is 1. The molecule has 0 bridgehead atoms. The predicted molar refractivity (Wildman–Crippen MR) is 93.2 cm³/mol. The van der Waals surface area contributed by atoms with Gasteiger partial charge in [0.25, 0.3) is 0 Å². The average molecular weight is 360 g/mol. The molecule has 0 saturated heterocycles. The van der Waals surface area contributed by atoms with Crippen molar-refractivity contribution in [2.45, 2.75) is 82.3 Å². The first kappa shape index (κ1) is 19.5. The minimum absolute atomic E-state index is 0.00190. The van der Waals surface area contributed by atoms with Crippen molar-refractivity contribution < 1.29 is 19.4 Å². The van der Waals surface area contributed by atoms with E-state index in [1.165, 1.54) is 0 Å². The first-order chi connectivity index (χ1) is 11.3. The van der Waals surface area contributed by atoms with Crippen LogP contribution in [0, 0.1) is 11.8 Å². The third-order valence-corrected chi connectivity index (χ3v) is 5.80. The van der Waals surface area contributed by atoms with E-state index in [1.54, 1.807) is 13.8 Å². The van der Waals surface area contributed by atoms with Crippen molar-refractivity contribution in [1.82, 2.24) is 5.32 Å². The summed E-state index contributed by atoms with van der Waals surface area (Å²) in [4.78, 5) is 23.4. The molecule has 2 aliphatic carbocycles. The van der Waals surface area contributed by atoms with E-state index in [0.717, 1.165) is 51.4 Å². The van der Waals surface area contributed by atoms with Gasteiger partial charge in [0, 0.05) is 17.8 Å². The van der Waals surface area contributed by atoms with Gasteiger partial charge in [-0.1, -0.05) is 0 Å². The molecule has 5 nitrogen and oxygen atoms in total. The highest BCUT2D eigenvalue weighted by Crippen LogP contribution is 2.30. The van der Waals surface area contributed by atoms with Gasteiger partial charge in [0.05, 0.1) is 6.10 Å². The van der Waals surface area contributed by atoms with Crippen LogP contribution in [0.1, 0.15) is 65.2 Å². The third-order valence-electron chi connectivity index (χ3n) is 5.36. The van der Waals surface area contributed by atoms with Crippen molar-refractivity contribution in [3.63, 3.8) is 0 Å². The molecule has 6 heteroatoms. The van der Waals surface area contributed by atoms with Crippen LogP contribution in [-0.4, -0.2) is 40.6 Å². The number of halogens is 1. The van der Waals surface area contributed by atoms with Crippen LogP contribution < -0.4 is 5.32 Å². The van der Waals surface area contributed by atoms with Crippen molar-refractivity contribution in [2.24, 2.45) is 11.8 Å². The molecule has 0 heterocycles. The fourth-order valence-electron chi connectivity index (χ4n) is 3.63. The first-order valence-corrected chi connectivity index (χ1v) is 9.54. The molecule has 0 radical (unpaired) electrons. The number of aliphatic carboxylic acids is 1. The molecule has 0 spiro atoms. The van der Waals surface area contributed by atoms with Gasteiger partial charge in [-0.3, -0.25) is 4.79 Å². The highest BCUT2D eigenvalue weighted by Gasteiger charge is 2.33. The van der Waals surface area contributed by atoms with E-state index in [2.05, 4.69) is 5.32 Å². The van der Waals surface area contributed by atoms with Crippen molar-refractivity contribution in [3.05, 3.63) is 0 Å². The number of rotatable bonds is 6. The van der Waals surface area contributed by atoms with Crippen LogP contribution >= 0.6 is 11.6 Å². The number of ether oxygens (including phenoxy) is 1. The Morgan fingerprint density at radius 2 is 1.67 bits per heavy atom. The summed E-state index contributed by atoms with van der Waals surface area (Å²) in [6.45, 7) is 3.91. The van der Waals surface area contributed by atoms with Crippen LogP contribution in [0.2, 0.25) is 0 Å². The second-order valence-corrected chi connectivity index (χ2v) is 8.39. The Morgan fingerprint density at radius 3 is 2.21 bits per heavy atom. The minimum atomic E-state index is -1.13. The summed E-state index contributed by atoms with van der Waals surface area (Å²) >= 11 is 6.08. The van der Waals surface area contributed by atoms with E-state index < -0.39 is 11.6 Å². The molecule has 0 aromatic heterocycles. The molecule has 0 atom stereocenters. The Hall–Kier alpha value is -0.810. The molecule has 2 aliphatic rings. The highest BCUT2D eigenvalue weighted by atomic mass is 35.5. The van der Waals surface area contributed by atoms with Crippen LogP contribution in [0.3, 0.4) is 0 Å². The lowest BCUT2D eigenvalue weighted by atomic mass is 9.86. The summed E-state index contributed by atoms with van der Waals surface area (Å²) in [5.74, 6) is -0.172. The number of carbonyl (C=O) groups is 2. The molecular formula is C18H30ClNO4. The average Bonchev–Trinajstić information content (AvgIpc) is 2.54. The molecule has 0 aromatic carbocycles. The Balaban J connectivity index is 1.66. The monoisotopic (exact) mass is 359 g/mol. The lowest BCUT2D eigenvalue weighted by Gasteiger charge is -2.33. The summed E-state index contributed by atoms with van der Waals surface area (Å²) < 4.78 is 5.72. The summed E-state index contributed by atoms with van der Waals surface area (Å²) in [6, 6.07) is 0. The van der Waals surface area contributed by atoms with Gasteiger partial charge < -0.3 is 15.2 Å². The van der Waals surface area contributed by atoms with Gasteiger partial charge in [-0.2, -0.15) is 0 Å². The SMILES string of the molecule is CC(C)(OC1CCC(CNC(=O)C2CCC(Cl)CC2)CC1)C(=O)O. The third kappa shape index (κ3) is 5.62. The molecule has 2 fully saturated rings. The normalized spacial score (nSPS) is 31.5. The van der Waals surface area contributed by atoms with Crippen molar-refractivity contribution >= 4 is 23.5 Å². The summed E-state index contributed by atoms with van der Waals surface area (Å²) in [5.41, 5.74) is -1.13. The Kier molecular flexibility index (Phi) is 6.93. The summed E-state index contributed by atoms with van der Waals surface area (Å²) in [6.07, 6.45) is 7.30. The molecule has 0 unspecified atom stereocenters. The maximum atomic E-state index is 12.2. The lowest BCUT2D eigenvalue weighted by molar-refractivity contribution is -0.170. The molecule has 2 rings (SSSR count).